The third-order valence-electron chi connectivity index (χ3n) is 2.92. The van der Waals surface area contributed by atoms with Crippen LogP contribution < -0.4 is 5.32 Å². The Morgan fingerprint density at radius 2 is 2.50 bits per heavy atom. The summed E-state index contributed by atoms with van der Waals surface area (Å²) < 4.78 is 0. The van der Waals surface area contributed by atoms with Gasteiger partial charge in [-0.25, -0.2) is 0 Å². The minimum absolute atomic E-state index is 0.231. The van der Waals surface area contributed by atoms with Crippen LogP contribution in [0.15, 0.2) is 18.3 Å². The fraction of sp³-hybridized carbons (Fsp3) is 0.500. The summed E-state index contributed by atoms with van der Waals surface area (Å²) in [4.78, 5) is 14.7. The van der Waals surface area contributed by atoms with Crippen molar-refractivity contribution in [2.24, 2.45) is 0 Å². The molecular weight excluding hydrogens is 204 g/mol. The second-order valence-corrected chi connectivity index (χ2v) is 4.09. The summed E-state index contributed by atoms with van der Waals surface area (Å²) in [7, 11) is 0. The highest BCUT2D eigenvalue weighted by atomic mass is 16.4. The standard InChI is InChI=1S/C12H16N2O2/c15-11(16)4-2-7-13-10-6-5-9-3-1-8-14-12(9)10/h1,3,8,10,13H,2,4-7H2,(H,15,16). The molecule has 0 bridgehead atoms. The van der Waals surface area contributed by atoms with Crippen molar-refractivity contribution in [3.05, 3.63) is 29.6 Å². The molecule has 1 unspecified atom stereocenters. The minimum atomic E-state index is -0.730. The van der Waals surface area contributed by atoms with Gasteiger partial charge in [-0.3, -0.25) is 9.78 Å². The third-order valence-corrected chi connectivity index (χ3v) is 2.92. The predicted octanol–water partition coefficient (Wildman–Crippen LogP) is 1.52. The molecule has 0 radical (unpaired) electrons. The molecule has 16 heavy (non-hydrogen) atoms. The van der Waals surface area contributed by atoms with Crippen LogP contribution in [0.2, 0.25) is 0 Å². The molecule has 0 saturated heterocycles. The Morgan fingerprint density at radius 1 is 1.62 bits per heavy atom. The highest BCUT2D eigenvalue weighted by molar-refractivity contribution is 5.66. The van der Waals surface area contributed by atoms with E-state index in [0.29, 0.717) is 12.5 Å². The Labute approximate surface area is 94.7 Å². The zero-order valence-electron chi connectivity index (χ0n) is 9.15. The van der Waals surface area contributed by atoms with Gasteiger partial charge >= 0.3 is 5.97 Å². The molecule has 1 aliphatic rings. The molecule has 0 spiro atoms. The monoisotopic (exact) mass is 220 g/mol. The molecule has 1 aliphatic carbocycles. The summed E-state index contributed by atoms with van der Waals surface area (Å²) in [5, 5.41) is 11.9. The molecule has 0 saturated carbocycles. The van der Waals surface area contributed by atoms with E-state index in [9.17, 15) is 4.79 Å². The number of fused-ring (bicyclic) bond motifs is 1. The third kappa shape index (κ3) is 2.58. The molecular formula is C12H16N2O2. The van der Waals surface area contributed by atoms with Gasteiger partial charge in [0.2, 0.25) is 0 Å². The average molecular weight is 220 g/mol. The first-order chi connectivity index (χ1) is 7.77. The summed E-state index contributed by atoms with van der Waals surface area (Å²) in [6.07, 6.45) is 4.86. The van der Waals surface area contributed by atoms with Crippen molar-refractivity contribution >= 4 is 5.97 Å². The van der Waals surface area contributed by atoms with Crippen molar-refractivity contribution in [1.82, 2.24) is 10.3 Å². The van der Waals surface area contributed by atoms with Crippen molar-refractivity contribution in [3.8, 4) is 0 Å². The first-order valence-corrected chi connectivity index (χ1v) is 5.66. The van der Waals surface area contributed by atoms with Crippen LogP contribution >= 0.6 is 0 Å². The highest BCUT2D eigenvalue weighted by Crippen LogP contribution is 2.28. The molecule has 2 rings (SSSR count). The van der Waals surface area contributed by atoms with Gasteiger partial charge in [-0.1, -0.05) is 6.07 Å². The number of aryl methyl sites for hydroxylation is 1. The highest BCUT2D eigenvalue weighted by Gasteiger charge is 2.22. The Bertz CT molecular complexity index is 379. The van der Waals surface area contributed by atoms with Gasteiger partial charge in [-0.05, 0) is 37.4 Å². The average Bonchev–Trinajstić information content (AvgIpc) is 2.68. The van der Waals surface area contributed by atoms with E-state index in [4.69, 9.17) is 5.11 Å². The minimum Gasteiger partial charge on any atom is -0.481 e. The van der Waals surface area contributed by atoms with E-state index in [-0.39, 0.29) is 6.42 Å². The zero-order chi connectivity index (χ0) is 11.4. The van der Waals surface area contributed by atoms with Crippen LogP contribution in [0.25, 0.3) is 0 Å². The quantitative estimate of drug-likeness (QED) is 0.739. The summed E-state index contributed by atoms with van der Waals surface area (Å²) >= 11 is 0. The molecule has 1 heterocycles. The number of hydrogen-bond donors (Lipinski definition) is 2. The molecule has 4 heteroatoms. The van der Waals surface area contributed by atoms with Gasteiger partial charge in [0.15, 0.2) is 0 Å². The molecule has 0 aromatic carbocycles. The predicted molar refractivity (Wildman–Crippen MR) is 60.2 cm³/mol. The van der Waals surface area contributed by atoms with Gasteiger partial charge in [-0.2, -0.15) is 0 Å². The maximum absolute atomic E-state index is 10.4. The number of aromatic nitrogens is 1. The van der Waals surface area contributed by atoms with Gasteiger partial charge in [0.25, 0.3) is 0 Å². The van der Waals surface area contributed by atoms with E-state index in [1.54, 1.807) is 0 Å². The van der Waals surface area contributed by atoms with Gasteiger partial charge in [-0.15, -0.1) is 0 Å². The first kappa shape index (κ1) is 11.1. The van der Waals surface area contributed by atoms with Crippen LogP contribution in [0.5, 0.6) is 0 Å². The Hall–Kier alpha value is -1.42. The summed E-state index contributed by atoms with van der Waals surface area (Å²) in [6.45, 7) is 0.743. The molecule has 4 nitrogen and oxygen atoms in total. The zero-order valence-corrected chi connectivity index (χ0v) is 9.15. The van der Waals surface area contributed by atoms with E-state index >= 15 is 0 Å². The second kappa shape index (κ2) is 5.07. The van der Waals surface area contributed by atoms with Crippen LogP contribution in [0.1, 0.15) is 36.6 Å². The second-order valence-electron chi connectivity index (χ2n) is 4.09. The van der Waals surface area contributed by atoms with Crippen molar-refractivity contribution in [2.75, 3.05) is 6.54 Å². The summed E-state index contributed by atoms with van der Waals surface area (Å²) in [5.41, 5.74) is 2.45. The molecule has 2 N–H and O–H groups in total. The Balaban J connectivity index is 1.82. The van der Waals surface area contributed by atoms with Gasteiger partial charge in [0.05, 0.1) is 11.7 Å². The lowest BCUT2D eigenvalue weighted by atomic mass is 10.2. The lowest BCUT2D eigenvalue weighted by molar-refractivity contribution is -0.137. The van der Waals surface area contributed by atoms with Crippen molar-refractivity contribution in [3.63, 3.8) is 0 Å². The maximum atomic E-state index is 10.4. The van der Waals surface area contributed by atoms with Crippen LogP contribution in [0.4, 0.5) is 0 Å². The summed E-state index contributed by atoms with van der Waals surface area (Å²) in [6, 6.07) is 4.39. The number of carbonyl (C=O) groups is 1. The van der Waals surface area contributed by atoms with E-state index in [2.05, 4.69) is 16.4 Å². The molecule has 1 atom stereocenters. The molecule has 1 aromatic rings. The number of carboxylic acid groups (broad SMARTS) is 1. The number of nitrogens with zero attached hydrogens (tertiary/aromatic N) is 1. The number of aliphatic carboxylic acids is 1. The number of hydrogen-bond acceptors (Lipinski definition) is 3. The van der Waals surface area contributed by atoms with Crippen LogP contribution in [0, 0.1) is 0 Å². The fourth-order valence-corrected chi connectivity index (χ4v) is 2.13. The van der Waals surface area contributed by atoms with Gasteiger partial charge in [0, 0.05) is 12.6 Å². The van der Waals surface area contributed by atoms with Crippen molar-refractivity contribution in [2.45, 2.75) is 31.7 Å². The fourth-order valence-electron chi connectivity index (χ4n) is 2.13. The van der Waals surface area contributed by atoms with E-state index in [1.165, 1.54) is 5.56 Å². The lowest BCUT2D eigenvalue weighted by Gasteiger charge is -2.12. The molecule has 0 aliphatic heterocycles. The number of carboxylic acids is 1. The molecule has 86 valence electrons. The topological polar surface area (TPSA) is 62.2 Å². The summed E-state index contributed by atoms with van der Waals surface area (Å²) in [5.74, 6) is -0.730. The van der Waals surface area contributed by atoms with E-state index in [0.717, 1.165) is 25.1 Å². The van der Waals surface area contributed by atoms with E-state index < -0.39 is 5.97 Å². The van der Waals surface area contributed by atoms with Crippen LogP contribution in [-0.2, 0) is 11.2 Å². The Kier molecular flexibility index (Phi) is 3.51. The number of pyridine rings is 1. The smallest absolute Gasteiger partial charge is 0.303 e. The molecule has 1 aromatic heterocycles. The molecule has 0 amide bonds. The first-order valence-electron chi connectivity index (χ1n) is 5.66. The number of nitrogens with one attached hydrogen (secondary N) is 1. The number of rotatable bonds is 5. The van der Waals surface area contributed by atoms with Gasteiger partial charge < -0.3 is 10.4 Å². The van der Waals surface area contributed by atoms with Gasteiger partial charge in [0.1, 0.15) is 0 Å². The van der Waals surface area contributed by atoms with Crippen LogP contribution in [-0.4, -0.2) is 22.6 Å². The Morgan fingerprint density at radius 3 is 3.31 bits per heavy atom. The molecule has 0 fully saturated rings. The lowest BCUT2D eigenvalue weighted by Crippen LogP contribution is -2.21. The normalized spacial score (nSPS) is 18.4. The van der Waals surface area contributed by atoms with Crippen molar-refractivity contribution < 1.29 is 9.90 Å². The van der Waals surface area contributed by atoms with Crippen molar-refractivity contribution in [1.29, 1.82) is 0 Å². The van der Waals surface area contributed by atoms with E-state index in [1.807, 2.05) is 12.3 Å². The largest absolute Gasteiger partial charge is 0.481 e. The van der Waals surface area contributed by atoms with Crippen LogP contribution in [0.3, 0.4) is 0 Å². The SMILES string of the molecule is O=C(O)CCCNC1CCc2cccnc21. The maximum Gasteiger partial charge on any atom is 0.303 e.